The van der Waals surface area contributed by atoms with Crippen LogP contribution in [-0.2, 0) is 6.54 Å². The minimum Gasteiger partial charge on any atom is -0.493 e. The van der Waals surface area contributed by atoms with Crippen LogP contribution in [0.5, 0.6) is 11.5 Å². The monoisotopic (exact) mass is 400 g/mol. The lowest BCUT2D eigenvalue weighted by molar-refractivity contribution is 0.284. The average molecular weight is 401 g/mol. The quantitative estimate of drug-likeness (QED) is 0.436. The molecule has 3 aromatic rings. The topological polar surface area (TPSA) is 36.3 Å². The van der Waals surface area contributed by atoms with Crippen LogP contribution in [0.4, 0.5) is 0 Å². The first-order chi connectivity index (χ1) is 13.1. The number of hydrogen-bond donors (Lipinski definition) is 0. The van der Waals surface area contributed by atoms with Crippen molar-refractivity contribution in [2.24, 2.45) is 0 Å². The number of ether oxygens (including phenoxy) is 2. The summed E-state index contributed by atoms with van der Waals surface area (Å²) in [5.74, 6) is 1.57. The van der Waals surface area contributed by atoms with Gasteiger partial charge in [0.2, 0.25) is 0 Å². The van der Waals surface area contributed by atoms with E-state index < -0.39 is 0 Å². The van der Waals surface area contributed by atoms with Crippen LogP contribution >= 0.6 is 12.4 Å². The third kappa shape index (κ3) is 5.08. The molecule has 0 unspecified atom stereocenters. The van der Waals surface area contributed by atoms with Crippen molar-refractivity contribution in [2.75, 3.05) is 13.7 Å². The van der Waals surface area contributed by atoms with Crippen LogP contribution in [0.2, 0.25) is 0 Å². The van der Waals surface area contributed by atoms with Gasteiger partial charge in [0.1, 0.15) is 0 Å². The zero-order valence-corrected chi connectivity index (χ0v) is 17.9. The fourth-order valence-electron chi connectivity index (χ4n) is 3.16. The van der Waals surface area contributed by atoms with Gasteiger partial charge in [0, 0.05) is 6.54 Å². The first-order valence-electron chi connectivity index (χ1n) is 9.48. The summed E-state index contributed by atoms with van der Waals surface area (Å²) in [6, 6.07) is 10.4. The first kappa shape index (κ1) is 21.8. The Morgan fingerprint density at radius 3 is 2.57 bits per heavy atom. The lowest BCUT2D eigenvalue weighted by Gasteiger charge is -2.11. The van der Waals surface area contributed by atoms with E-state index in [-0.39, 0.29) is 12.4 Å². The fraction of sp³-hybridized carbons (Fsp3) is 0.348. The molecule has 0 aliphatic carbocycles. The van der Waals surface area contributed by atoms with Crippen molar-refractivity contribution in [3.8, 4) is 11.5 Å². The Morgan fingerprint density at radius 2 is 1.82 bits per heavy atom. The maximum absolute atomic E-state index is 5.93. The molecule has 0 saturated heterocycles. The van der Waals surface area contributed by atoms with Gasteiger partial charge in [-0.15, -0.1) is 12.4 Å². The number of hydrogen-bond acceptors (Lipinski definition) is 3. The molecule has 0 atom stereocenters. The average Bonchev–Trinajstić information content (AvgIpc) is 3.04. The van der Waals surface area contributed by atoms with Gasteiger partial charge in [0.15, 0.2) is 11.5 Å². The van der Waals surface area contributed by atoms with Crippen LogP contribution in [0.15, 0.2) is 42.7 Å². The van der Waals surface area contributed by atoms with Gasteiger partial charge < -0.3 is 14.0 Å². The van der Waals surface area contributed by atoms with Crippen molar-refractivity contribution in [2.45, 2.75) is 40.2 Å². The lowest BCUT2D eigenvalue weighted by Crippen LogP contribution is -2.03. The van der Waals surface area contributed by atoms with Crippen molar-refractivity contribution >= 4 is 29.5 Å². The van der Waals surface area contributed by atoms with E-state index in [2.05, 4.69) is 35.5 Å². The molecule has 0 amide bonds. The number of nitrogens with zero attached hydrogens (tertiary/aromatic N) is 2. The SMILES string of the molecule is C/C=C/c1ccc(OCCCCn2cnc3cc(C)c(C)cc32)c(OC)c1.Cl. The van der Waals surface area contributed by atoms with Crippen molar-refractivity contribution in [3.63, 3.8) is 0 Å². The molecule has 0 aliphatic rings. The largest absolute Gasteiger partial charge is 0.493 e. The smallest absolute Gasteiger partial charge is 0.161 e. The number of fused-ring (bicyclic) bond motifs is 1. The zero-order valence-electron chi connectivity index (χ0n) is 17.1. The van der Waals surface area contributed by atoms with Crippen LogP contribution in [0.3, 0.4) is 0 Å². The molecule has 0 fully saturated rings. The molecule has 4 nitrogen and oxygen atoms in total. The van der Waals surface area contributed by atoms with Gasteiger partial charge in [-0.25, -0.2) is 4.98 Å². The highest BCUT2D eigenvalue weighted by Gasteiger charge is 2.06. The fourth-order valence-corrected chi connectivity index (χ4v) is 3.16. The van der Waals surface area contributed by atoms with Gasteiger partial charge in [0.25, 0.3) is 0 Å². The zero-order chi connectivity index (χ0) is 19.2. The number of rotatable bonds is 8. The second-order valence-corrected chi connectivity index (χ2v) is 6.83. The third-order valence-corrected chi connectivity index (χ3v) is 4.83. The van der Waals surface area contributed by atoms with E-state index in [9.17, 15) is 0 Å². The van der Waals surface area contributed by atoms with Gasteiger partial charge in [0.05, 0.1) is 31.1 Å². The van der Waals surface area contributed by atoms with E-state index in [0.29, 0.717) is 6.61 Å². The van der Waals surface area contributed by atoms with Crippen LogP contribution in [0.25, 0.3) is 17.1 Å². The molecule has 2 aromatic carbocycles. The van der Waals surface area contributed by atoms with E-state index in [4.69, 9.17) is 9.47 Å². The van der Waals surface area contributed by atoms with Gasteiger partial charge in [-0.2, -0.15) is 0 Å². The normalized spacial score (nSPS) is 11.0. The molecule has 3 rings (SSSR count). The molecule has 0 spiro atoms. The molecule has 1 heterocycles. The van der Waals surface area contributed by atoms with E-state index in [1.54, 1.807) is 7.11 Å². The van der Waals surface area contributed by atoms with Crippen molar-refractivity contribution in [1.82, 2.24) is 9.55 Å². The van der Waals surface area contributed by atoms with Crippen molar-refractivity contribution in [1.29, 1.82) is 0 Å². The molecular weight excluding hydrogens is 372 g/mol. The molecule has 0 aliphatic heterocycles. The third-order valence-electron chi connectivity index (χ3n) is 4.83. The maximum Gasteiger partial charge on any atom is 0.161 e. The van der Waals surface area contributed by atoms with Gasteiger partial charge in [-0.05, 0) is 74.6 Å². The number of aromatic nitrogens is 2. The van der Waals surface area contributed by atoms with Crippen LogP contribution < -0.4 is 9.47 Å². The maximum atomic E-state index is 5.93. The first-order valence-corrected chi connectivity index (χ1v) is 9.48. The molecule has 0 bridgehead atoms. The molecule has 0 saturated carbocycles. The predicted molar refractivity (Wildman–Crippen MR) is 119 cm³/mol. The van der Waals surface area contributed by atoms with Crippen LogP contribution in [0, 0.1) is 13.8 Å². The molecule has 28 heavy (non-hydrogen) atoms. The Labute approximate surface area is 173 Å². The van der Waals surface area contributed by atoms with E-state index in [1.807, 2.05) is 43.6 Å². The van der Waals surface area contributed by atoms with Crippen molar-refractivity contribution < 1.29 is 9.47 Å². The summed E-state index contributed by atoms with van der Waals surface area (Å²) in [6.07, 6.45) is 8.01. The highest BCUT2D eigenvalue weighted by molar-refractivity contribution is 5.85. The van der Waals surface area contributed by atoms with Crippen molar-refractivity contribution in [3.05, 3.63) is 59.4 Å². The second-order valence-electron chi connectivity index (χ2n) is 6.83. The highest BCUT2D eigenvalue weighted by Crippen LogP contribution is 2.28. The van der Waals surface area contributed by atoms with Gasteiger partial charge in [-0.3, -0.25) is 0 Å². The highest BCUT2D eigenvalue weighted by atomic mass is 35.5. The molecule has 5 heteroatoms. The Morgan fingerprint density at radius 1 is 1.04 bits per heavy atom. The second kappa shape index (κ2) is 10.2. The minimum atomic E-state index is 0. The standard InChI is InChI=1S/C23H28N2O2.ClH/c1-5-8-19-9-10-22(23(15-19)26-4)27-12-7-6-11-25-16-24-20-13-17(2)18(3)14-21(20)25;/h5,8-10,13-16H,6-7,11-12H2,1-4H3;1H/b8-5+;. The molecule has 150 valence electrons. The van der Waals surface area contributed by atoms with E-state index >= 15 is 0 Å². The van der Waals surface area contributed by atoms with Crippen LogP contribution in [-0.4, -0.2) is 23.3 Å². The Hall–Kier alpha value is -2.46. The number of imidazole rings is 1. The number of allylic oxidation sites excluding steroid dienone is 1. The molecule has 0 N–H and O–H groups in total. The summed E-state index contributed by atoms with van der Waals surface area (Å²) >= 11 is 0. The van der Waals surface area contributed by atoms with Crippen LogP contribution in [0.1, 0.15) is 36.5 Å². The number of unbranched alkanes of at least 4 members (excludes halogenated alkanes) is 1. The molecular formula is C23H29ClN2O2. The van der Waals surface area contributed by atoms with Gasteiger partial charge in [-0.1, -0.05) is 18.2 Å². The van der Waals surface area contributed by atoms with E-state index in [0.717, 1.165) is 42.0 Å². The minimum absolute atomic E-state index is 0. The van der Waals surface area contributed by atoms with E-state index in [1.165, 1.54) is 16.6 Å². The number of benzene rings is 2. The summed E-state index contributed by atoms with van der Waals surface area (Å²) in [4.78, 5) is 4.52. The molecule has 0 radical (unpaired) electrons. The summed E-state index contributed by atoms with van der Waals surface area (Å²) in [5.41, 5.74) is 5.98. The Kier molecular flexibility index (Phi) is 7.94. The number of methoxy groups -OCH3 is 1. The summed E-state index contributed by atoms with van der Waals surface area (Å²) in [7, 11) is 1.68. The predicted octanol–water partition coefficient (Wildman–Crippen LogP) is 5.98. The lowest BCUT2D eigenvalue weighted by atomic mass is 10.1. The summed E-state index contributed by atoms with van der Waals surface area (Å²) in [6.45, 7) is 7.89. The summed E-state index contributed by atoms with van der Waals surface area (Å²) < 4.78 is 13.6. The summed E-state index contributed by atoms with van der Waals surface area (Å²) in [5, 5.41) is 0. The Bertz CT molecular complexity index is 947. The number of aryl methyl sites for hydroxylation is 3. The Balaban J connectivity index is 0.00000280. The van der Waals surface area contributed by atoms with Gasteiger partial charge >= 0.3 is 0 Å². The number of halogens is 1. The molecule has 1 aromatic heterocycles.